The third kappa shape index (κ3) is 1.81. The zero-order valence-corrected chi connectivity index (χ0v) is 8.78. The van der Waals surface area contributed by atoms with Crippen LogP contribution in [0.4, 0.5) is 4.39 Å². The molecule has 3 nitrogen and oxygen atoms in total. The Morgan fingerprint density at radius 3 is 2.69 bits per heavy atom. The molecule has 1 N–H and O–H groups in total. The van der Waals surface area contributed by atoms with Crippen molar-refractivity contribution in [3.63, 3.8) is 0 Å². The van der Waals surface area contributed by atoms with E-state index in [4.69, 9.17) is 16.7 Å². The molecule has 1 rings (SSSR count). The number of pyridine rings is 1. The van der Waals surface area contributed by atoms with Crippen molar-refractivity contribution in [2.24, 2.45) is 0 Å². The number of carboxylic acids is 1. The zero-order chi connectivity index (χ0) is 10.2. The van der Waals surface area contributed by atoms with Gasteiger partial charge in [0.05, 0.1) is 5.02 Å². The van der Waals surface area contributed by atoms with Crippen LogP contribution >= 0.6 is 27.5 Å². The van der Waals surface area contributed by atoms with Gasteiger partial charge < -0.3 is 5.11 Å². The second kappa shape index (κ2) is 3.59. The van der Waals surface area contributed by atoms with E-state index in [0.717, 1.165) is 0 Å². The van der Waals surface area contributed by atoms with Gasteiger partial charge in [-0.25, -0.2) is 14.2 Å². The van der Waals surface area contributed by atoms with E-state index >= 15 is 0 Å². The van der Waals surface area contributed by atoms with E-state index in [9.17, 15) is 9.18 Å². The minimum Gasteiger partial charge on any atom is -0.476 e. The highest BCUT2D eigenvalue weighted by atomic mass is 79.9. The van der Waals surface area contributed by atoms with Gasteiger partial charge in [0.15, 0.2) is 11.5 Å². The number of hydrogen-bond acceptors (Lipinski definition) is 2. The maximum absolute atomic E-state index is 13.0. The van der Waals surface area contributed by atoms with Gasteiger partial charge >= 0.3 is 5.97 Å². The van der Waals surface area contributed by atoms with Gasteiger partial charge in [0.25, 0.3) is 0 Å². The topological polar surface area (TPSA) is 50.2 Å². The molecule has 0 saturated carbocycles. The van der Waals surface area contributed by atoms with E-state index in [1.165, 1.54) is 6.92 Å². The summed E-state index contributed by atoms with van der Waals surface area (Å²) >= 11 is 8.35. The first kappa shape index (κ1) is 10.4. The Bertz CT molecular complexity index is 383. The molecule has 1 aromatic heterocycles. The quantitative estimate of drug-likeness (QED) is 0.797. The van der Waals surface area contributed by atoms with Crippen molar-refractivity contribution in [3.8, 4) is 0 Å². The Kier molecular flexibility index (Phi) is 2.87. The van der Waals surface area contributed by atoms with E-state index in [1.807, 2.05) is 0 Å². The molecule has 1 aromatic rings. The summed E-state index contributed by atoms with van der Waals surface area (Å²) in [6.07, 6.45) is 0. The first-order chi connectivity index (χ1) is 5.95. The van der Waals surface area contributed by atoms with Crippen LogP contribution in [-0.2, 0) is 0 Å². The van der Waals surface area contributed by atoms with E-state index in [-0.39, 0.29) is 20.9 Å². The number of nitrogens with zero attached hydrogens (tertiary/aromatic N) is 1. The summed E-state index contributed by atoms with van der Waals surface area (Å²) in [6, 6.07) is 0. The third-order valence-corrected chi connectivity index (χ3v) is 2.45. The Labute approximate surface area is 86.7 Å². The van der Waals surface area contributed by atoms with Gasteiger partial charge in [-0.2, -0.15) is 0 Å². The molecule has 0 aliphatic rings. The Balaban J connectivity index is 3.50. The molecule has 0 fully saturated rings. The number of hydrogen-bond donors (Lipinski definition) is 1. The first-order valence-electron chi connectivity index (χ1n) is 3.19. The van der Waals surface area contributed by atoms with Crippen molar-refractivity contribution in [1.29, 1.82) is 0 Å². The highest BCUT2D eigenvalue weighted by Gasteiger charge is 2.18. The lowest BCUT2D eigenvalue weighted by Crippen LogP contribution is -2.05. The number of aromatic carboxylic acids is 1. The van der Waals surface area contributed by atoms with E-state index in [0.29, 0.717) is 0 Å². The predicted molar refractivity (Wildman–Crippen MR) is 48.6 cm³/mol. The third-order valence-electron chi connectivity index (χ3n) is 1.46. The lowest BCUT2D eigenvalue weighted by Gasteiger charge is -2.04. The smallest absolute Gasteiger partial charge is 0.356 e. The normalized spacial score (nSPS) is 10.2. The Hall–Kier alpha value is -0.680. The fraction of sp³-hybridized carbons (Fsp3) is 0.143. The van der Waals surface area contributed by atoms with Gasteiger partial charge in [-0.3, -0.25) is 0 Å². The molecule has 0 aliphatic heterocycles. The van der Waals surface area contributed by atoms with Gasteiger partial charge in [0, 0.05) is 5.56 Å². The minimum absolute atomic E-state index is 0.0703. The standard InChI is InChI=1S/C7H4BrClFNO2/c1-2-3(9)5(7(12)13)11-6(8)4(2)10/h1H3,(H,12,13). The molecular weight excluding hydrogens is 264 g/mol. The maximum atomic E-state index is 13.0. The maximum Gasteiger partial charge on any atom is 0.356 e. The molecule has 0 spiro atoms. The number of carboxylic acid groups (broad SMARTS) is 1. The lowest BCUT2D eigenvalue weighted by atomic mass is 10.2. The van der Waals surface area contributed by atoms with Gasteiger partial charge in [-0.15, -0.1) is 0 Å². The minimum atomic E-state index is -1.28. The fourth-order valence-corrected chi connectivity index (χ4v) is 1.45. The molecule has 0 radical (unpaired) electrons. The molecule has 13 heavy (non-hydrogen) atoms. The summed E-state index contributed by atoms with van der Waals surface area (Å²) in [5, 5.41) is 8.44. The summed E-state index contributed by atoms with van der Waals surface area (Å²) in [4.78, 5) is 14.0. The number of halogens is 3. The van der Waals surface area contributed by atoms with Crippen molar-refractivity contribution in [2.45, 2.75) is 6.92 Å². The van der Waals surface area contributed by atoms with Crippen LogP contribution in [0.25, 0.3) is 0 Å². The van der Waals surface area contributed by atoms with Gasteiger partial charge in [-0.05, 0) is 22.9 Å². The Morgan fingerprint density at radius 1 is 1.69 bits per heavy atom. The van der Waals surface area contributed by atoms with Crippen LogP contribution in [0, 0.1) is 12.7 Å². The summed E-state index contributed by atoms with van der Waals surface area (Å²) in [7, 11) is 0. The number of rotatable bonds is 1. The molecule has 0 unspecified atom stereocenters. The molecule has 0 aromatic carbocycles. The van der Waals surface area contributed by atoms with Crippen LogP contribution in [0.1, 0.15) is 16.1 Å². The van der Waals surface area contributed by atoms with E-state index < -0.39 is 11.8 Å². The largest absolute Gasteiger partial charge is 0.476 e. The predicted octanol–water partition coefficient (Wildman–Crippen LogP) is 2.64. The van der Waals surface area contributed by atoms with Crippen LogP contribution in [-0.4, -0.2) is 16.1 Å². The number of carbonyl (C=O) groups is 1. The molecule has 0 aliphatic carbocycles. The molecule has 0 saturated heterocycles. The molecule has 6 heteroatoms. The second-order valence-corrected chi connectivity index (χ2v) is 3.44. The Morgan fingerprint density at radius 2 is 2.23 bits per heavy atom. The lowest BCUT2D eigenvalue weighted by molar-refractivity contribution is 0.0690. The molecule has 0 atom stereocenters. The summed E-state index contributed by atoms with van der Waals surface area (Å²) in [6.45, 7) is 1.39. The summed E-state index contributed by atoms with van der Waals surface area (Å²) < 4.78 is 12.9. The monoisotopic (exact) mass is 267 g/mol. The van der Waals surface area contributed by atoms with Gasteiger partial charge in [0.2, 0.25) is 0 Å². The van der Waals surface area contributed by atoms with Crippen LogP contribution < -0.4 is 0 Å². The summed E-state index contributed by atoms with van der Waals surface area (Å²) in [5.74, 6) is -1.93. The molecule has 0 amide bonds. The fourth-order valence-electron chi connectivity index (χ4n) is 0.767. The van der Waals surface area contributed by atoms with E-state index in [1.54, 1.807) is 0 Å². The highest BCUT2D eigenvalue weighted by molar-refractivity contribution is 9.10. The molecular formula is C7H4BrClFNO2. The van der Waals surface area contributed by atoms with E-state index in [2.05, 4.69) is 20.9 Å². The first-order valence-corrected chi connectivity index (χ1v) is 4.36. The van der Waals surface area contributed by atoms with Crippen LogP contribution in [0.2, 0.25) is 5.02 Å². The van der Waals surface area contributed by atoms with Crippen LogP contribution in [0.15, 0.2) is 4.60 Å². The van der Waals surface area contributed by atoms with Crippen LogP contribution in [0.5, 0.6) is 0 Å². The molecule has 70 valence electrons. The molecule has 1 heterocycles. The van der Waals surface area contributed by atoms with Crippen molar-refractivity contribution < 1.29 is 14.3 Å². The SMILES string of the molecule is Cc1c(F)c(Br)nc(C(=O)O)c1Cl. The average Bonchev–Trinajstić information content (AvgIpc) is 2.07. The highest BCUT2D eigenvalue weighted by Crippen LogP contribution is 2.26. The van der Waals surface area contributed by atoms with Crippen LogP contribution in [0.3, 0.4) is 0 Å². The number of aromatic nitrogens is 1. The van der Waals surface area contributed by atoms with Crippen molar-refractivity contribution in [2.75, 3.05) is 0 Å². The van der Waals surface area contributed by atoms with Crippen molar-refractivity contribution in [1.82, 2.24) is 4.98 Å². The van der Waals surface area contributed by atoms with Crippen molar-refractivity contribution in [3.05, 3.63) is 26.7 Å². The van der Waals surface area contributed by atoms with Gasteiger partial charge in [-0.1, -0.05) is 11.6 Å². The average molecular weight is 268 g/mol. The van der Waals surface area contributed by atoms with Gasteiger partial charge in [0.1, 0.15) is 4.60 Å². The zero-order valence-electron chi connectivity index (χ0n) is 6.44. The molecule has 0 bridgehead atoms. The van der Waals surface area contributed by atoms with Crippen molar-refractivity contribution >= 4 is 33.5 Å². The summed E-state index contributed by atoms with van der Waals surface area (Å²) in [5.41, 5.74) is -0.284. The second-order valence-electron chi connectivity index (χ2n) is 2.31.